The summed E-state index contributed by atoms with van der Waals surface area (Å²) >= 11 is 0. The quantitative estimate of drug-likeness (QED) is 0.463. The molecule has 5 nitrogen and oxygen atoms in total. The topological polar surface area (TPSA) is 82.0 Å². The van der Waals surface area contributed by atoms with Gasteiger partial charge in [0.05, 0.1) is 6.07 Å². The van der Waals surface area contributed by atoms with Gasteiger partial charge in [0, 0.05) is 6.92 Å². The first-order chi connectivity index (χ1) is 4.66. The van der Waals surface area contributed by atoms with Crippen LogP contribution >= 0.6 is 0 Å². The fraction of sp³-hybridized carbons (Fsp3) is 0.400. The molecule has 0 rings (SSSR count). The number of hydrogen-bond donors (Lipinski definition) is 2. The van der Waals surface area contributed by atoms with Crippen LogP contribution in [0.2, 0.25) is 0 Å². The Morgan fingerprint density at radius 1 is 1.50 bits per heavy atom. The number of carbonyl (C=O) groups is 2. The number of hydrogen-bond acceptors (Lipinski definition) is 3. The van der Waals surface area contributed by atoms with Crippen molar-refractivity contribution < 1.29 is 9.59 Å². The van der Waals surface area contributed by atoms with E-state index in [0.29, 0.717) is 0 Å². The molecule has 0 unspecified atom stereocenters. The Morgan fingerprint density at radius 2 is 2.10 bits per heavy atom. The van der Waals surface area contributed by atoms with E-state index in [4.69, 9.17) is 5.26 Å². The Bertz CT molecular complexity index is 182. The largest absolute Gasteiger partial charge is 0.274 e. The minimum absolute atomic E-state index is 0.250. The van der Waals surface area contributed by atoms with Gasteiger partial charge < -0.3 is 0 Å². The van der Waals surface area contributed by atoms with Crippen molar-refractivity contribution in [1.29, 1.82) is 5.26 Å². The molecule has 0 fully saturated rings. The van der Waals surface area contributed by atoms with Gasteiger partial charge in [0.2, 0.25) is 5.91 Å². The fourth-order valence-electron chi connectivity index (χ4n) is 0.274. The molecule has 2 amide bonds. The van der Waals surface area contributed by atoms with Crippen LogP contribution < -0.4 is 10.9 Å². The van der Waals surface area contributed by atoms with E-state index in [-0.39, 0.29) is 12.3 Å². The van der Waals surface area contributed by atoms with Crippen LogP contribution in [0.5, 0.6) is 0 Å². The normalized spacial score (nSPS) is 7.60. The van der Waals surface area contributed by atoms with Crippen molar-refractivity contribution in [3.63, 3.8) is 0 Å². The molecule has 0 heterocycles. The highest BCUT2D eigenvalue weighted by Crippen LogP contribution is 1.70. The van der Waals surface area contributed by atoms with E-state index < -0.39 is 5.91 Å². The van der Waals surface area contributed by atoms with Gasteiger partial charge in [-0.25, -0.2) is 0 Å². The van der Waals surface area contributed by atoms with Crippen molar-refractivity contribution in [2.45, 2.75) is 13.3 Å². The molecule has 0 bridgehead atoms. The summed E-state index contributed by atoms with van der Waals surface area (Å²) in [6.07, 6.45) is -0.250. The number of nitriles is 1. The predicted molar refractivity (Wildman–Crippen MR) is 32.2 cm³/mol. The average molecular weight is 141 g/mol. The van der Waals surface area contributed by atoms with E-state index in [9.17, 15) is 9.59 Å². The number of nitrogens with one attached hydrogen (secondary N) is 2. The van der Waals surface area contributed by atoms with Crippen molar-refractivity contribution >= 4 is 11.8 Å². The summed E-state index contributed by atoms with van der Waals surface area (Å²) in [6.45, 7) is 1.26. The van der Waals surface area contributed by atoms with E-state index in [0.717, 1.165) is 0 Å². The van der Waals surface area contributed by atoms with E-state index in [2.05, 4.69) is 0 Å². The van der Waals surface area contributed by atoms with Crippen molar-refractivity contribution in [2.75, 3.05) is 0 Å². The van der Waals surface area contributed by atoms with Crippen molar-refractivity contribution in [1.82, 2.24) is 10.9 Å². The monoisotopic (exact) mass is 141 g/mol. The zero-order valence-electron chi connectivity index (χ0n) is 5.47. The maximum Gasteiger partial charge on any atom is 0.252 e. The van der Waals surface area contributed by atoms with Crippen LogP contribution in [0, 0.1) is 11.3 Å². The molecule has 0 spiro atoms. The molecule has 0 aliphatic carbocycles. The summed E-state index contributed by atoms with van der Waals surface area (Å²) in [4.78, 5) is 20.5. The lowest BCUT2D eigenvalue weighted by Crippen LogP contribution is -2.39. The molecule has 0 aromatic rings. The molecule has 5 heteroatoms. The predicted octanol–water partition coefficient (Wildman–Crippen LogP) is -0.933. The summed E-state index contributed by atoms with van der Waals surface area (Å²) in [6, 6.07) is 1.63. The van der Waals surface area contributed by atoms with E-state index >= 15 is 0 Å². The van der Waals surface area contributed by atoms with Crippen molar-refractivity contribution in [3.8, 4) is 6.07 Å². The summed E-state index contributed by atoms with van der Waals surface area (Å²) in [5.74, 6) is -0.885. The minimum atomic E-state index is -0.516. The van der Waals surface area contributed by atoms with Crippen LogP contribution in [0.1, 0.15) is 13.3 Å². The van der Waals surface area contributed by atoms with Crippen LogP contribution in [0.4, 0.5) is 0 Å². The van der Waals surface area contributed by atoms with Gasteiger partial charge in [-0.3, -0.25) is 20.4 Å². The Morgan fingerprint density at radius 3 is 2.50 bits per heavy atom. The number of amides is 2. The first-order valence-corrected chi connectivity index (χ1v) is 2.59. The smallest absolute Gasteiger partial charge is 0.252 e. The molecule has 0 aromatic heterocycles. The summed E-state index contributed by atoms with van der Waals surface area (Å²) in [5.41, 5.74) is 4.06. The SMILES string of the molecule is CC(=O)NNC(=O)CC#N. The zero-order valence-corrected chi connectivity index (χ0v) is 5.47. The van der Waals surface area contributed by atoms with Crippen LogP contribution in [0.15, 0.2) is 0 Å². The molecular formula is C5H7N3O2. The van der Waals surface area contributed by atoms with E-state index in [1.165, 1.54) is 6.92 Å². The molecule has 10 heavy (non-hydrogen) atoms. The van der Waals surface area contributed by atoms with Crippen LogP contribution in [-0.4, -0.2) is 11.8 Å². The van der Waals surface area contributed by atoms with E-state index in [1.54, 1.807) is 6.07 Å². The summed E-state index contributed by atoms with van der Waals surface area (Å²) in [7, 11) is 0. The molecule has 0 aromatic carbocycles. The van der Waals surface area contributed by atoms with E-state index in [1.807, 2.05) is 10.9 Å². The second-order valence-electron chi connectivity index (χ2n) is 1.56. The third kappa shape index (κ3) is 4.59. The highest BCUT2D eigenvalue weighted by atomic mass is 16.2. The van der Waals surface area contributed by atoms with Gasteiger partial charge in [-0.15, -0.1) is 0 Å². The highest BCUT2D eigenvalue weighted by molar-refractivity contribution is 5.81. The Balaban J connectivity index is 3.42. The fourth-order valence-corrected chi connectivity index (χ4v) is 0.274. The first-order valence-electron chi connectivity index (χ1n) is 2.59. The van der Waals surface area contributed by atoms with Gasteiger partial charge in [0.1, 0.15) is 6.42 Å². The molecule has 54 valence electrons. The Hall–Kier alpha value is -1.57. The molecule has 2 N–H and O–H groups in total. The standard InChI is InChI=1S/C5H7N3O2/c1-4(9)7-8-5(10)2-3-6/h2H2,1H3,(H,7,9)(H,8,10). The molecule has 0 radical (unpaired) electrons. The van der Waals surface area contributed by atoms with Crippen molar-refractivity contribution in [3.05, 3.63) is 0 Å². The molecule has 0 aliphatic heterocycles. The third-order valence-corrected chi connectivity index (χ3v) is 0.618. The lowest BCUT2D eigenvalue weighted by Gasteiger charge is -1.99. The van der Waals surface area contributed by atoms with Gasteiger partial charge >= 0.3 is 0 Å². The second kappa shape index (κ2) is 4.32. The molecular weight excluding hydrogens is 134 g/mol. The molecule has 0 saturated carbocycles. The van der Waals surface area contributed by atoms with Crippen LogP contribution in [0.25, 0.3) is 0 Å². The van der Waals surface area contributed by atoms with Gasteiger partial charge in [0.15, 0.2) is 0 Å². The zero-order chi connectivity index (χ0) is 7.98. The molecule has 0 atom stereocenters. The maximum atomic E-state index is 10.4. The molecule has 0 aliphatic rings. The minimum Gasteiger partial charge on any atom is -0.274 e. The lowest BCUT2D eigenvalue weighted by atomic mass is 10.5. The summed E-state index contributed by atoms with van der Waals surface area (Å²) < 4.78 is 0. The number of carbonyl (C=O) groups excluding carboxylic acids is 2. The third-order valence-electron chi connectivity index (χ3n) is 0.618. The van der Waals surface area contributed by atoms with Crippen molar-refractivity contribution in [2.24, 2.45) is 0 Å². The summed E-state index contributed by atoms with van der Waals surface area (Å²) in [5, 5.41) is 7.98. The lowest BCUT2D eigenvalue weighted by molar-refractivity contribution is -0.127. The molecule has 0 saturated heterocycles. The Labute approximate surface area is 58.0 Å². The van der Waals surface area contributed by atoms with Gasteiger partial charge in [-0.2, -0.15) is 5.26 Å². The van der Waals surface area contributed by atoms with Crippen LogP contribution in [0.3, 0.4) is 0 Å². The Kier molecular flexibility index (Phi) is 3.64. The highest BCUT2D eigenvalue weighted by Gasteiger charge is 1.97. The van der Waals surface area contributed by atoms with Crippen LogP contribution in [-0.2, 0) is 9.59 Å². The number of nitrogens with zero attached hydrogens (tertiary/aromatic N) is 1. The van der Waals surface area contributed by atoms with Gasteiger partial charge in [0.25, 0.3) is 5.91 Å². The number of hydrazine groups is 1. The second-order valence-corrected chi connectivity index (χ2v) is 1.56. The first kappa shape index (κ1) is 8.43. The average Bonchev–Trinajstić information content (AvgIpc) is 1.85. The maximum absolute atomic E-state index is 10.4. The van der Waals surface area contributed by atoms with Gasteiger partial charge in [-0.05, 0) is 0 Å². The number of rotatable bonds is 1. The van der Waals surface area contributed by atoms with Gasteiger partial charge in [-0.1, -0.05) is 0 Å².